The van der Waals surface area contributed by atoms with Gasteiger partial charge >= 0.3 is 6.18 Å². The van der Waals surface area contributed by atoms with Gasteiger partial charge in [-0.25, -0.2) is 9.67 Å². The maximum Gasteiger partial charge on any atom is 0.422 e. The second-order valence-electron chi connectivity index (χ2n) is 7.13. The summed E-state index contributed by atoms with van der Waals surface area (Å²) < 4.78 is 44.3. The summed E-state index contributed by atoms with van der Waals surface area (Å²) in [4.78, 5) is 29.4. The van der Waals surface area contributed by atoms with E-state index in [4.69, 9.17) is 4.74 Å². The maximum absolute atomic E-state index is 12.8. The summed E-state index contributed by atoms with van der Waals surface area (Å²) in [6.07, 6.45) is -1.76. The largest absolute Gasteiger partial charge is 0.484 e. The average molecular weight is 457 g/mol. The zero-order valence-electron chi connectivity index (χ0n) is 17.1. The van der Waals surface area contributed by atoms with Crippen LogP contribution in [-0.2, 0) is 17.9 Å². The second kappa shape index (κ2) is 9.15. The Balaban J connectivity index is 1.41. The van der Waals surface area contributed by atoms with Gasteiger partial charge in [-0.1, -0.05) is 30.3 Å². The minimum atomic E-state index is -4.44. The Morgan fingerprint density at radius 3 is 2.64 bits per heavy atom. The molecule has 0 fully saturated rings. The first-order valence-electron chi connectivity index (χ1n) is 9.84. The van der Waals surface area contributed by atoms with Crippen LogP contribution in [-0.4, -0.2) is 38.0 Å². The number of fused-ring (bicyclic) bond motifs is 1. The molecule has 11 heteroatoms. The normalized spacial score (nSPS) is 11.5. The van der Waals surface area contributed by atoms with E-state index < -0.39 is 24.2 Å². The molecular weight excluding hydrogens is 439 g/mol. The molecule has 0 unspecified atom stereocenters. The lowest BCUT2D eigenvalue weighted by atomic mass is 10.2. The molecule has 0 spiro atoms. The lowest BCUT2D eigenvalue weighted by molar-refractivity contribution is -0.153. The molecule has 1 N–H and O–H groups in total. The molecule has 0 saturated carbocycles. The highest BCUT2D eigenvalue weighted by molar-refractivity contribution is 5.77. The molecule has 33 heavy (non-hydrogen) atoms. The van der Waals surface area contributed by atoms with Crippen LogP contribution < -0.4 is 15.6 Å². The molecule has 0 aliphatic rings. The first kappa shape index (κ1) is 22.1. The number of halogens is 3. The molecule has 0 radical (unpaired) electrons. The number of nitrogens with one attached hydrogen (secondary N) is 1. The Morgan fingerprint density at radius 2 is 1.88 bits per heavy atom. The van der Waals surface area contributed by atoms with Gasteiger partial charge in [0.2, 0.25) is 5.91 Å². The van der Waals surface area contributed by atoms with Crippen LogP contribution in [0.25, 0.3) is 16.7 Å². The van der Waals surface area contributed by atoms with E-state index >= 15 is 0 Å². The van der Waals surface area contributed by atoms with E-state index in [0.717, 1.165) is 10.3 Å². The Labute approximate surface area is 185 Å². The molecule has 0 atom stereocenters. The number of ether oxygens (including phenoxy) is 1. The fourth-order valence-corrected chi connectivity index (χ4v) is 3.14. The number of carbonyl (C=O) groups is 1. The van der Waals surface area contributed by atoms with Crippen LogP contribution in [0.1, 0.15) is 5.56 Å². The van der Waals surface area contributed by atoms with Crippen molar-refractivity contribution in [2.24, 2.45) is 0 Å². The van der Waals surface area contributed by atoms with Crippen LogP contribution >= 0.6 is 0 Å². The highest BCUT2D eigenvalue weighted by Gasteiger charge is 2.28. The molecule has 0 aliphatic heterocycles. The number of amides is 1. The standard InChI is InChI=1S/C22H18F3N5O3/c23-22(24,25)13-33-17-8-4-5-15(9-17)10-26-19(31)12-29-14-27-20-18(21(29)32)11-28-30(20)16-6-2-1-3-7-16/h1-9,11,14H,10,12-13H2,(H,26,31). The first-order valence-corrected chi connectivity index (χ1v) is 9.84. The van der Waals surface area contributed by atoms with Crippen molar-refractivity contribution in [1.29, 1.82) is 0 Å². The molecule has 170 valence electrons. The number of hydrogen-bond acceptors (Lipinski definition) is 5. The molecule has 0 saturated heterocycles. The number of aromatic nitrogens is 4. The Morgan fingerprint density at radius 1 is 1.09 bits per heavy atom. The average Bonchev–Trinajstić information content (AvgIpc) is 3.24. The summed E-state index contributed by atoms with van der Waals surface area (Å²) in [5.74, 6) is -0.421. The van der Waals surface area contributed by atoms with Crippen molar-refractivity contribution in [3.8, 4) is 11.4 Å². The van der Waals surface area contributed by atoms with Crippen LogP contribution in [0.5, 0.6) is 5.75 Å². The SMILES string of the molecule is O=C(Cn1cnc2c(cnn2-c2ccccc2)c1=O)NCc1cccc(OCC(F)(F)F)c1. The number of rotatable bonds is 7. The van der Waals surface area contributed by atoms with Crippen molar-refractivity contribution < 1.29 is 22.7 Å². The van der Waals surface area contributed by atoms with Gasteiger partial charge in [-0.2, -0.15) is 18.3 Å². The minimum absolute atomic E-state index is 0.0420. The van der Waals surface area contributed by atoms with Gasteiger partial charge in [0.15, 0.2) is 12.3 Å². The Hall–Kier alpha value is -4.15. The molecule has 4 aromatic rings. The van der Waals surface area contributed by atoms with E-state index in [9.17, 15) is 22.8 Å². The summed E-state index contributed by atoms with van der Waals surface area (Å²) in [5, 5.41) is 7.11. The number of hydrogen-bond donors (Lipinski definition) is 1. The monoisotopic (exact) mass is 457 g/mol. The highest BCUT2D eigenvalue weighted by Crippen LogP contribution is 2.19. The molecule has 1 amide bonds. The van der Waals surface area contributed by atoms with Crippen LogP contribution in [0.15, 0.2) is 71.9 Å². The maximum atomic E-state index is 12.8. The van der Waals surface area contributed by atoms with Crippen molar-refractivity contribution in [3.63, 3.8) is 0 Å². The lowest BCUT2D eigenvalue weighted by Crippen LogP contribution is -2.32. The molecule has 8 nitrogen and oxygen atoms in total. The second-order valence-corrected chi connectivity index (χ2v) is 7.13. The molecule has 2 heterocycles. The first-order chi connectivity index (χ1) is 15.8. The fourth-order valence-electron chi connectivity index (χ4n) is 3.14. The van der Waals surface area contributed by atoms with Crippen LogP contribution in [0.2, 0.25) is 0 Å². The molecule has 0 aliphatic carbocycles. The van der Waals surface area contributed by atoms with Gasteiger partial charge < -0.3 is 10.1 Å². The predicted molar refractivity (Wildman–Crippen MR) is 113 cm³/mol. The molecular formula is C22H18F3N5O3. The summed E-state index contributed by atoms with van der Waals surface area (Å²) in [5.41, 5.74) is 1.25. The fraction of sp³-hybridized carbons (Fsp3) is 0.182. The molecule has 2 aromatic heterocycles. The minimum Gasteiger partial charge on any atom is -0.484 e. The highest BCUT2D eigenvalue weighted by atomic mass is 19.4. The van der Waals surface area contributed by atoms with Crippen LogP contribution in [0.3, 0.4) is 0 Å². The number of carbonyl (C=O) groups excluding carboxylic acids is 1. The van der Waals surface area contributed by atoms with Crippen LogP contribution in [0, 0.1) is 0 Å². The van der Waals surface area contributed by atoms with Gasteiger partial charge in [0, 0.05) is 6.54 Å². The summed E-state index contributed by atoms with van der Waals surface area (Å²) in [6.45, 7) is -1.62. The zero-order valence-corrected chi connectivity index (χ0v) is 17.1. The third-order valence-corrected chi connectivity index (χ3v) is 4.66. The van der Waals surface area contributed by atoms with Gasteiger partial charge in [-0.15, -0.1) is 0 Å². The van der Waals surface area contributed by atoms with Crippen LogP contribution in [0.4, 0.5) is 13.2 Å². The van der Waals surface area contributed by atoms with Crippen molar-refractivity contribution in [2.45, 2.75) is 19.3 Å². The lowest BCUT2D eigenvalue weighted by Gasteiger charge is -2.11. The number of alkyl halides is 3. The van der Waals surface area contributed by atoms with Crippen molar-refractivity contribution in [3.05, 3.63) is 83.0 Å². The topological polar surface area (TPSA) is 91.0 Å². The van der Waals surface area contributed by atoms with E-state index in [-0.39, 0.29) is 24.2 Å². The number of nitrogens with zero attached hydrogens (tertiary/aromatic N) is 4. The molecule has 4 rings (SSSR count). The quantitative estimate of drug-likeness (QED) is 0.461. The van der Waals surface area contributed by atoms with E-state index in [1.165, 1.54) is 35.4 Å². The zero-order chi connectivity index (χ0) is 23.4. The molecule has 2 aromatic carbocycles. The van der Waals surface area contributed by atoms with Gasteiger partial charge in [0.25, 0.3) is 5.56 Å². The van der Waals surface area contributed by atoms with E-state index in [0.29, 0.717) is 11.2 Å². The summed E-state index contributed by atoms with van der Waals surface area (Å²) in [6, 6.07) is 15.2. The molecule has 0 bridgehead atoms. The van der Waals surface area contributed by atoms with Gasteiger partial charge in [0.05, 0.1) is 11.9 Å². The number of benzene rings is 2. The van der Waals surface area contributed by atoms with E-state index in [1.54, 1.807) is 6.07 Å². The third-order valence-electron chi connectivity index (χ3n) is 4.66. The Bertz CT molecular complexity index is 1330. The van der Waals surface area contributed by atoms with E-state index in [1.807, 2.05) is 30.3 Å². The van der Waals surface area contributed by atoms with Crippen molar-refractivity contribution in [2.75, 3.05) is 6.61 Å². The van der Waals surface area contributed by atoms with Gasteiger partial charge in [-0.3, -0.25) is 14.2 Å². The Kier molecular flexibility index (Phi) is 6.11. The number of para-hydroxylation sites is 1. The van der Waals surface area contributed by atoms with Gasteiger partial charge in [0.1, 0.15) is 24.0 Å². The summed E-state index contributed by atoms with van der Waals surface area (Å²) in [7, 11) is 0. The third kappa shape index (κ3) is 5.37. The van der Waals surface area contributed by atoms with E-state index in [2.05, 4.69) is 15.4 Å². The van der Waals surface area contributed by atoms with Crippen molar-refractivity contribution >= 4 is 16.9 Å². The predicted octanol–water partition coefficient (Wildman–Crippen LogP) is 2.84. The summed E-state index contributed by atoms with van der Waals surface area (Å²) >= 11 is 0. The van der Waals surface area contributed by atoms with Gasteiger partial charge in [-0.05, 0) is 29.8 Å². The smallest absolute Gasteiger partial charge is 0.422 e. The van der Waals surface area contributed by atoms with Crippen molar-refractivity contribution in [1.82, 2.24) is 24.6 Å².